The van der Waals surface area contributed by atoms with E-state index in [0.29, 0.717) is 11.1 Å². The lowest BCUT2D eigenvalue weighted by molar-refractivity contribution is -0.386. The summed E-state index contributed by atoms with van der Waals surface area (Å²) in [5, 5.41) is 13.9. The maximum atomic E-state index is 13.0. The molecule has 0 aliphatic rings. The molecule has 0 aromatic heterocycles. The zero-order chi connectivity index (χ0) is 26.8. The van der Waals surface area contributed by atoms with Crippen molar-refractivity contribution >= 4 is 23.5 Å². The molecule has 1 N–H and O–H groups in total. The number of nitro groups is 1. The number of amides is 1. The molecule has 0 saturated carbocycles. The average Bonchev–Trinajstić information content (AvgIpc) is 2.88. The van der Waals surface area contributed by atoms with Crippen molar-refractivity contribution in [2.75, 3.05) is 0 Å². The first-order chi connectivity index (χ1) is 17.7. The van der Waals surface area contributed by atoms with Gasteiger partial charge in [0.05, 0.1) is 4.92 Å². The van der Waals surface area contributed by atoms with Crippen molar-refractivity contribution in [2.24, 2.45) is 0 Å². The Morgan fingerprint density at radius 2 is 1.38 bits per heavy atom. The molecule has 0 saturated heterocycles. The van der Waals surface area contributed by atoms with Crippen LogP contribution in [0.25, 0.3) is 0 Å². The minimum absolute atomic E-state index is 0.000243. The number of rotatable bonds is 11. The molecule has 0 aliphatic heterocycles. The first-order valence-corrected chi connectivity index (χ1v) is 11.7. The van der Waals surface area contributed by atoms with Crippen LogP contribution in [0.3, 0.4) is 0 Å². The van der Waals surface area contributed by atoms with Gasteiger partial charge in [-0.25, -0.2) is 4.79 Å². The molecule has 1 atom stereocenters. The van der Waals surface area contributed by atoms with E-state index in [1.165, 1.54) is 26.0 Å². The average molecular weight is 505 g/mol. The smallest absolute Gasteiger partial charge is 0.328 e. The quantitative estimate of drug-likeness (QED) is 0.230. The summed E-state index contributed by atoms with van der Waals surface area (Å²) in [6.45, 7) is 3.17. The third kappa shape index (κ3) is 7.99. The Kier molecular flexibility index (Phi) is 9.48. The van der Waals surface area contributed by atoms with Gasteiger partial charge in [-0.15, -0.1) is 0 Å². The lowest BCUT2D eigenvalue weighted by atomic mass is 10.0. The topological polar surface area (TPSA) is 125 Å². The molecular weight excluding hydrogens is 476 g/mol. The molecule has 9 nitrogen and oxygen atoms in total. The first kappa shape index (κ1) is 27.1. The van der Waals surface area contributed by atoms with Crippen molar-refractivity contribution < 1.29 is 28.8 Å². The molecule has 3 aromatic rings. The Balaban J connectivity index is 1.68. The van der Waals surface area contributed by atoms with Crippen LogP contribution in [0.4, 0.5) is 5.69 Å². The Morgan fingerprint density at radius 1 is 0.865 bits per heavy atom. The van der Waals surface area contributed by atoms with E-state index < -0.39 is 28.8 Å². The van der Waals surface area contributed by atoms with E-state index >= 15 is 0 Å². The summed E-state index contributed by atoms with van der Waals surface area (Å²) >= 11 is 0. The van der Waals surface area contributed by atoms with Gasteiger partial charge in [-0.05, 0) is 43.5 Å². The second-order valence-electron chi connectivity index (χ2n) is 8.52. The Hall–Kier alpha value is -4.53. The molecule has 192 valence electrons. The summed E-state index contributed by atoms with van der Waals surface area (Å²) in [7, 11) is 0. The van der Waals surface area contributed by atoms with Crippen molar-refractivity contribution in [1.82, 2.24) is 5.32 Å². The van der Waals surface area contributed by atoms with E-state index in [2.05, 4.69) is 5.32 Å². The summed E-state index contributed by atoms with van der Waals surface area (Å²) < 4.78 is 10.7. The van der Waals surface area contributed by atoms with E-state index in [1.807, 2.05) is 48.5 Å². The zero-order valence-electron chi connectivity index (χ0n) is 20.6. The van der Waals surface area contributed by atoms with Crippen molar-refractivity contribution in [3.63, 3.8) is 0 Å². The molecule has 1 amide bonds. The fourth-order valence-corrected chi connectivity index (χ4v) is 3.77. The van der Waals surface area contributed by atoms with Crippen LogP contribution in [-0.4, -0.2) is 28.8 Å². The number of carbonyl (C=O) groups is 3. The van der Waals surface area contributed by atoms with Crippen LogP contribution in [0.1, 0.15) is 45.5 Å². The number of benzene rings is 3. The molecule has 9 heteroatoms. The van der Waals surface area contributed by atoms with Crippen molar-refractivity contribution in [1.29, 1.82) is 0 Å². The molecule has 3 rings (SSSR count). The lowest BCUT2D eigenvalue weighted by Crippen LogP contribution is -2.42. The van der Waals surface area contributed by atoms with Gasteiger partial charge in [0.2, 0.25) is 0 Å². The third-order valence-corrected chi connectivity index (χ3v) is 5.63. The van der Waals surface area contributed by atoms with Crippen molar-refractivity contribution in [3.05, 3.63) is 111 Å². The van der Waals surface area contributed by atoms with E-state index in [1.54, 1.807) is 12.1 Å². The molecule has 0 unspecified atom stereocenters. The van der Waals surface area contributed by atoms with Crippen LogP contribution >= 0.6 is 0 Å². The predicted molar refractivity (Wildman–Crippen MR) is 136 cm³/mol. The highest BCUT2D eigenvalue weighted by Crippen LogP contribution is 2.24. The number of nitrogens with zero attached hydrogens (tertiary/aromatic N) is 1. The summed E-state index contributed by atoms with van der Waals surface area (Å²) in [5.41, 5.74) is 2.33. The van der Waals surface area contributed by atoms with Crippen LogP contribution in [0.15, 0.2) is 72.8 Å². The van der Waals surface area contributed by atoms with Crippen LogP contribution < -0.4 is 5.32 Å². The highest BCUT2D eigenvalue weighted by Gasteiger charge is 2.26. The third-order valence-electron chi connectivity index (χ3n) is 5.63. The number of ether oxygens (including phenoxy) is 2. The number of aryl methyl sites for hydroxylation is 2. The number of hydrogen-bond acceptors (Lipinski definition) is 7. The fourth-order valence-electron chi connectivity index (χ4n) is 3.77. The first-order valence-electron chi connectivity index (χ1n) is 11.7. The van der Waals surface area contributed by atoms with Gasteiger partial charge in [0.25, 0.3) is 11.6 Å². The lowest BCUT2D eigenvalue weighted by Gasteiger charge is -2.18. The number of carbonyl (C=O) groups excluding carboxylic acids is 3. The van der Waals surface area contributed by atoms with Crippen LogP contribution in [0.5, 0.6) is 0 Å². The summed E-state index contributed by atoms with van der Waals surface area (Å²) in [5.74, 6) is -1.84. The Labute approximate surface area is 214 Å². The fraction of sp³-hybridized carbons (Fsp3) is 0.250. The highest BCUT2D eigenvalue weighted by molar-refractivity contribution is 5.97. The second-order valence-corrected chi connectivity index (χ2v) is 8.52. The molecule has 0 fully saturated rings. The number of nitrogens with one attached hydrogen (secondary N) is 1. The Bertz CT molecular complexity index is 1240. The van der Waals surface area contributed by atoms with Gasteiger partial charge < -0.3 is 14.8 Å². The van der Waals surface area contributed by atoms with Gasteiger partial charge in [-0.1, -0.05) is 60.7 Å². The van der Waals surface area contributed by atoms with Gasteiger partial charge >= 0.3 is 11.9 Å². The standard InChI is InChI=1S/C28H28N2O7/c1-19-15-23(16-20(2)26(19)30(34)35)27(32)29-24(28(33)37-18-22-11-7-4-8-12-22)13-14-25(31)36-17-21-9-5-3-6-10-21/h3-12,15-16,24H,13-14,17-18H2,1-2H3,(H,29,32)/t24-/m0/s1. The molecule has 37 heavy (non-hydrogen) atoms. The Morgan fingerprint density at radius 3 is 1.89 bits per heavy atom. The van der Waals surface area contributed by atoms with E-state index in [0.717, 1.165) is 11.1 Å². The van der Waals surface area contributed by atoms with E-state index in [-0.39, 0.29) is 37.3 Å². The van der Waals surface area contributed by atoms with Gasteiger partial charge in [-0.2, -0.15) is 0 Å². The van der Waals surface area contributed by atoms with Crippen molar-refractivity contribution in [3.8, 4) is 0 Å². The van der Waals surface area contributed by atoms with Gasteiger partial charge in [0.15, 0.2) is 0 Å². The molecular formula is C28H28N2O7. The summed E-state index contributed by atoms with van der Waals surface area (Å²) in [6.07, 6.45) is -0.172. The SMILES string of the molecule is Cc1cc(C(=O)N[C@@H](CCC(=O)OCc2ccccc2)C(=O)OCc2ccccc2)cc(C)c1[N+](=O)[O-]. The zero-order valence-corrected chi connectivity index (χ0v) is 20.6. The molecule has 3 aromatic carbocycles. The van der Waals surface area contributed by atoms with E-state index in [4.69, 9.17) is 9.47 Å². The van der Waals surface area contributed by atoms with Crippen LogP contribution in [0, 0.1) is 24.0 Å². The van der Waals surface area contributed by atoms with E-state index in [9.17, 15) is 24.5 Å². The largest absolute Gasteiger partial charge is 0.461 e. The minimum Gasteiger partial charge on any atom is -0.461 e. The van der Waals surface area contributed by atoms with Crippen LogP contribution in [0.2, 0.25) is 0 Å². The number of hydrogen-bond donors (Lipinski definition) is 1. The second kappa shape index (κ2) is 13.0. The van der Waals surface area contributed by atoms with Gasteiger partial charge in [0.1, 0.15) is 19.3 Å². The molecule has 0 spiro atoms. The maximum absolute atomic E-state index is 13.0. The summed E-state index contributed by atoms with van der Waals surface area (Å²) in [6, 6.07) is 19.9. The highest BCUT2D eigenvalue weighted by atomic mass is 16.6. The summed E-state index contributed by atoms with van der Waals surface area (Å²) in [4.78, 5) is 48.9. The molecule has 0 bridgehead atoms. The van der Waals surface area contributed by atoms with Crippen molar-refractivity contribution in [2.45, 2.75) is 45.9 Å². The van der Waals surface area contributed by atoms with Gasteiger partial charge in [0, 0.05) is 23.1 Å². The normalized spacial score (nSPS) is 11.3. The van der Waals surface area contributed by atoms with Crippen LogP contribution in [-0.2, 0) is 32.3 Å². The number of esters is 2. The maximum Gasteiger partial charge on any atom is 0.328 e. The monoisotopic (exact) mass is 504 g/mol. The minimum atomic E-state index is -1.13. The van der Waals surface area contributed by atoms with Gasteiger partial charge in [-0.3, -0.25) is 19.7 Å². The molecule has 0 aliphatic carbocycles. The molecule has 0 radical (unpaired) electrons. The number of nitro benzene ring substituents is 1. The predicted octanol–water partition coefficient (Wildman–Crippen LogP) is 4.58. The molecule has 0 heterocycles.